The number of aliphatic hydroxyl groups excluding tert-OH is 1. The third kappa shape index (κ3) is 4.55. The molecule has 42 heavy (non-hydrogen) atoms. The summed E-state index contributed by atoms with van der Waals surface area (Å²) in [6.07, 6.45) is 2.66. The molecule has 0 aromatic heterocycles. The number of benzene rings is 3. The standard InChI is InChI=1S/C34H38N2O5S/c1-22-11-14-25(15-12-22)42(39,40)36-30-10-6-5-9-26(30)28-18-33(38)35-19-24-13-16-32(41-21-23-7-3-2-4-8-23)29(20-37)27(24)17-31(35)34(28)36/h2-12,14-15,24,27-29,31-32,34,37H,13,16-21H2,1H3/t24-,27-,28-,29+,31-,32+,34+/m1/s1. The van der Waals surface area contributed by atoms with E-state index in [2.05, 4.69) is 0 Å². The number of fused-ring (bicyclic) bond motifs is 6. The molecule has 0 radical (unpaired) electrons. The molecule has 3 aliphatic heterocycles. The lowest BCUT2D eigenvalue weighted by atomic mass is 9.63. The third-order valence-electron chi connectivity index (χ3n) is 10.3. The second-order valence-corrected chi connectivity index (χ2v) is 14.3. The molecule has 7 rings (SSSR count). The predicted molar refractivity (Wildman–Crippen MR) is 160 cm³/mol. The summed E-state index contributed by atoms with van der Waals surface area (Å²) in [6, 6.07) is 24.1. The average Bonchev–Trinajstić information content (AvgIpc) is 3.35. The number of anilines is 1. The molecule has 0 spiro atoms. The highest BCUT2D eigenvalue weighted by Crippen LogP contribution is 2.54. The number of piperidine rings is 2. The summed E-state index contributed by atoms with van der Waals surface area (Å²) in [6.45, 7) is 3.06. The molecule has 0 unspecified atom stereocenters. The molecule has 1 amide bonds. The number of aliphatic hydroxyl groups is 1. The Bertz CT molecular complexity index is 1560. The van der Waals surface area contributed by atoms with Crippen molar-refractivity contribution < 1.29 is 23.1 Å². The molecular weight excluding hydrogens is 548 g/mol. The molecule has 3 aromatic rings. The van der Waals surface area contributed by atoms with Crippen molar-refractivity contribution in [3.63, 3.8) is 0 Å². The van der Waals surface area contributed by atoms with Gasteiger partial charge in [-0.2, -0.15) is 0 Å². The largest absolute Gasteiger partial charge is 0.396 e. The van der Waals surface area contributed by atoms with Crippen molar-refractivity contribution in [3.8, 4) is 0 Å². The van der Waals surface area contributed by atoms with Gasteiger partial charge in [0.25, 0.3) is 10.0 Å². The minimum atomic E-state index is -3.88. The zero-order valence-corrected chi connectivity index (χ0v) is 24.7. The van der Waals surface area contributed by atoms with Gasteiger partial charge in [0, 0.05) is 31.4 Å². The van der Waals surface area contributed by atoms with Crippen molar-refractivity contribution in [1.29, 1.82) is 0 Å². The third-order valence-corrected chi connectivity index (χ3v) is 12.1. The number of aryl methyl sites for hydroxylation is 1. The molecule has 4 aliphatic rings. The van der Waals surface area contributed by atoms with Crippen LogP contribution >= 0.6 is 0 Å². The van der Waals surface area contributed by atoms with Crippen LogP contribution < -0.4 is 4.31 Å². The first-order chi connectivity index (χ1) is 20.4. The molecule has 2 saturated heterocycles. The normalized spacial score (nSPS) is 30.3. The molecular formula is C34H38N2O5S. The smallest absolute Gasteiger partial charge is 0.264 e. The van der Waals surface area contributed by atoms with Gasteiger partial charge in [0.1, 0.15) is 0 Å². The number of rotatable bonds is 6. The van der Waals surface area contributed by atoms with Crippen LogP contribution in [0.4, 0.5) is 5.69 Å². The van der Waals surface area contributed by atoms with E-state index in [1.54, 1.807) is 16.4 Å². The maximum Gasteiger partial charge on any atom is 0.264 e. The molecule has 1 aliphatic carbocycles. The van der Waals surface area contributed by atoms with Crippen molar-refractivity contribution in [2.75, 3.05) is 17.5 Å². The van der Waals surface area contributed by atoms with Gasteiger partial charge in [0.2, 0.25) is 5.91 Å². The Morgan fingerprint density at radius 3 is 2.45 bits per heavy atom. The predicted octanol–water partition coefficient (Wildman–Crippen LogP) is 4.88. The maximum atomic E-state index is 14.4. The quantitative estimate of drug-likeness (QED) is 0.445. The van der Waals surface area contributed by atoms with Crippen LogP contribution in [-0.4, -0.2) is 55.7 Å². The van der Waals surface area contributed by atoms with Gasteiger partial charge in [-0.1, -0.05) is 66.2 Å². The minimum Gasteiger partial charge on any atom is -0.396 e. The number of amides is 1. The highest BCUT2D eigenvalue weighted by Gasteiger charge is 2.58. The van der Waals surface area contributed by atoms with Crippen LogP contribution in [0.3, 0.4) is 0 Å². The van der Waals surface area contributed by atoms with Crippen LogP contribution in [0, 0.1) is 24.7 Å². The number of nitrogens with zero attached hydrogens (tertiary/aromatic N) is 2. The zero-order chi connectivity index (χ0) is 29.0. The van der Waals surface area contributed by atoms with Gasteiger partial charge in [0.15, 0.2) is 0 Å². The monoisotopic (exact) mass is 586 g/mol. The summed E-state index contributed by atoms with van der Waals surface area (Å²) in [5.41, 5.74) is 3.71. The topological polar surface area (TPSA) is 87.2 Å². The molecule has 3 aromatic carbocycles. The number of carbonyl (C=O) groups excluding carboxylic acids is 1. The van der Waals surface area contributed by atoms with E-state index in [0.717, 1.165) is 29.5 Å². The molecule has 7 nitrogen and oxygen atoms in total. The van der Waals surface area contributed by atoms with Gasteiger partial charge in [0.05, 0.1) is 35.4 Å². The van der Waals surface area contributed by atoms with Crippen LogP contribution in [0.15, 0.2) is 83.8 Å². The average molecular weight is 587 g/mol. The second kappa shape index (κ2) is 10.8. The Kier molecular flexibility index (Phi) is 7.11. The lowest BCUT2D eigenvalue weighted by Crippen LogP contribution is -2.65. The molecule has 3 fully saturated rings. The SMILES string of the molecule is Cc1ccc(S(=O)(=O)N2c3ccccc3[C@H]3CC(=O)N4C[C@H]5CC[C@H](OCc6ccccc6)[C@@H](CO)[C@@H]5C[C@@H]4[C@H]32)cc1. The number of hydrogen-bond donors (Lipinski definition) is 1. The first-order valence-electron chi connectivity index (χ1n) is 15.1. The van der Waals surface area contributed by atoms with E-state index in [9.17, 15) is 18.3 Å². The number of ether oxygens (including phenoxy) is 1. The Morgan fingerprint density at radius 1 is 0.952 bits per heavy atom. The fraction of sp³-hybridized carbons (Fsp3) is 0.441. The Labute approximate surface area is 248 Å². The number of carbonyl (C=O) groups is 1. The number of sulfonamides is 1. The van der Waals surface area contributed by atoms with Crippen LogP contribution in [0.25, 0.3) is 0 Å². The summed E-state index contributed by atoms with van der Waals surface area (Å²) in [5, 5.41) is 10.7. The van der Waals surface area contributed by atoms with Gasteiger partial charge >= 0.3 is 0 Å². The van der Waals surface area contributed by atoms with Crippen LogP contribution in [0.1, 0.15) is 48.3 Å². The van der Waals surface area contributed by atoms with Gasteiger partial charge in [-0.05, 0) is 67.3 Å². The number of para-hydroxylation sites is 1. The summed E-state index contributed by atoms with van der Waals surface area (Å²) >= 11 is 0. The van der Waals surface area contributed by atoms with Crippen molar-refractivity contribution in [2.24, 2.45) is 17.8 Å². The van der Waals surface area contributed by atoms with E-state index in [1.165, 1.54) is 0 Å². The maximum absolute atomic E-state index is 14.4. The van der Waals surface area contributed by atoms with Crippen molar-refractivity contribution in [2.45, 2.75) is 68.2 Å². The van der Waals surface area contributed by atoms with Crippen molar-refractivity contribution in [1.82, 2.24) is 4.90 Å². The van der Waals surface area contributed by atoms with Gasteiger partial charge < -0.3 is 14.7 Å². The van der Waals surface area contributed by atoms with E-state index < -0.39 is 16.1 Å². The lowest BCUT2D eigenvalue weighted by Gasteiger charge is -2.55. The van der Waals surface area contributed by atoms with Crippen molar-refractivity contribution >= 4 is 21.6 Å². The lowest BCUT2D eigenvalue weighted by molar-refractivity contribution is -0.150. The van der Waals surface area contributed by atoms with Crippen LogP contribution in [0.2, 0.25) is 0 Å². The summed E-state index contributed by atoms with van der Waals surface area (Å²) < 4.78 is 36.8. The first-order valence-corrected chi connectivity index (χ1v) is 16.6. The summed E-state index contributed by atoms with van der Waals surface area (Å²) in [4.78, 5) is 15.9. The fourth-order valence-electron chi connectivity index (χ4n) is 8.25. The Hall–Kier alpha value is -3.20. The molecule has 220 valence electrons. The molecule has 3 heterocycles. The first kappa shape index (κ1) is 27.6. The second-order valence-electron chi connectivity index (χ2n) is 12.5. The highest BCUT2D eigenvalue weighted by atomic mass is 32.2. The van der Waals surface area contributed by atoms with Gasteiger partial charge in [-0.15, -0.1) is 0 Å². The van der Waals surface area contributed by atoms with Crippen LogP contribution in [0.5, 0.6) is 0 Å². The van der Waals surface area contributed by atoms with Gasteiger partial charge in [-0.25, -0.2) is 8.42 Å². The molecule has 0 bridgehead atoms. The van der Waals surface area contributed by atoms with E-state index in [-0.39, 0.29) is 53.2 Å². The zero-order valence-electron chi connectivity index (χ0n) is 23.9. The fourth-order valence-corrected chi connectivity index (χ4v) is 9.99. The van der Waals surface area contributed by atoms with E-state index >= 15 is 0 Å². The number of hydrogen-bond acceptors (Lipinski definition) is 5. The van der Waals surface area contributed by atoms with Crippen LogP contribution in [-0.2, 0) is 26.2 Å². The Balaban J connectivity index is 1.23. The van der Waals surface area contributed by atoms with E-state index in [0.29, 0.717) is 31.7 Å². The molecule has 7 atom stereocenters. The Morgan fingerprint density at radius 2 is 1.69 bits per heavy atom. The summed E-state index contributed by atoms with van der Waals surface area (Å²) in [7, 11) is -3.88. The minimum absolute atomic E-state index is 0.0149. The van der Waals surface area contributed by atoms with E-state index in [4.69, 9.17) is 4.74 Å². The van der Waals surface area contributed by atoms with Gasteiger partial charge in [-0.3, -0.25) is 9.10 Å². The van der Waals surface area contributed by atoms with E-state index in [1.807, 2.05) is 78.6 Å². The molecule has 1 N–H and O–H groups in total. The molecule has 1 saturated carbocycles. The highest BCUT2D eigenvalue weighted by molar-refractivity contribution is 7.92. The molecule has 8 heteroatoms. The van der Waals surface area contributed by atoms with Crippen molar-refractivity contribution in [3.05, 3.63) is 95.6 Å². The summed E-state index contributed by atoms with van der Waals surface area (Å²) in [5.74, 6) is 0.252.